The molecule has 1 aliphatic heterocycles. The Bertz CT molecular complexity index is 1420. The molecular weight excluding hydrogens is 430 g/mol. The highest BCUT2D eigenvalue weighted by Gasteiger charge is 2.26. The number of benzene rings is 2. The van der Waals surface area contributed by atoms with Gasteiger partial charge in [0.1, 0.15) is 5.65 Å². The minimum absolute atomic E-state index is 0.0294. The molecule has 5 rings (SSSR count). The average Bonchev–Trinajstić information content (AvgIpc) is 3.07. The standard InChI is InChI=1S/C24H16ClN3O2S/c25-18-9-19-17(8-20-21(29)10-22(31)27-24(20)30)13-28(23(19)26-11-18)12-14-5-6-15-3-1-2-4-16(15)7-14/h1-9,11,13H,10,12H2,(H,27,30,31)/b20-8-. The van der Waals surface area contributed by atoms with Crippen LogP contribution in [0.3, 0.4) is 0 Å². The highest BCUT2D eigenvalue weighted by molar-refractivity contribution is 7.80. The number of thiocarbonyl (C=S) groups is 1. The van der Waals surface area contributed by atoms with Crippen LogP contribution in [0.15, 0.2) is 66.5 Å². The van der Waals surface area contributed by atoms with Gasteiger partial charge in [-0.2, -0.15) is 0 Å². The molecule has 1 N–H and O–H groups in total. The van der Waals surface area contributed by atoms with Crippen molar-refractivity contribution >= 4 is 68.4 Å². The lowest BCUT2D eigenvalue weighted by atomic mass is 10.0. The zero-order chi connectivity index (χ0) is 21.5. The van der Waals surface area contributed by atoms with E-state index in [0.29, 0.717) is 17.1 Å². The normalized spacial score (nSPS) is 15.8. The van der Waals surface area contributed by atoms with Gasteiger partial charge in [-0.3, -0.25) is 9.59 Å². The number of carbonyl (C=O) groups excluding carboxylic acids is 2. The summed E-state index contributed by atoms with van der Waals surface area (Å²) in [5, 5.41) is 6.15. The van der Waals surface area contributed by atoms with Crippen LogP contribution in [-0.4, -0.2) is 26.2 Å². The molecule has 0 saturated carbocycles. The topological polar surface area (TPSA) is 64.0 Å². The summed E-state index contributed by atoms with van der Waals surface area (Å²) in [5.74, 6) is -0.772. The number of amides is 1. The number of carbonyl (C=O) groups is 2. The Kier molecular flexibility index (Phi) is 4.88. The van der Waals surface area contributed by atoms with Crippen LogP contribution >= 0.6 is 23.8 Å². The third-order valence-electron chi connectivity index (χ3n) is 5.30. The van der Waals surface area contributed by atoms with Crippen molar-refractivity contribution < 1.29 is 9.59 Å². The van der Waals surface area contributed by atoms with E-state index in [2.05, 4.69) is 40.6 Å². The van der Waals surface area contributed by atoms with Gasteiger partial charge in [0.25, 0.3) is 5.91 Å². The van der Waals surface area contributed by atoms with Crippen LogP contribution < -0.4 is 5.32 Å². The lowest BCUT2D eigenvalue weighted by Gasteiger charge is -2.14. The van der Waals surface area contributed by atoms with E-state index >= 15 is 0 Å². The van der Waals surface area contributed by atoms with Gasteiger partial charge in [-0.25, -0.2) is 4.98 Å². The molecule has 1 saturated heterocycles. The van der Waals surface area contributed by atoms with Gasteiger partial charge in [0.15, 0.2) is 5.78 Å². The van der Waals surface area contributed by atoms with Crippen molar-refractivity contribution in [1.29, 1.82) is 0 Å². The largest absolute Gasteiger partial charge is 0.327 e. The first-order valence-corrected chi connectivity index (χ1v) is 10.5. The van der Waals surface area contributed by atoms with Crippen molar-refractivity contribution in [2.75, 3.05) is 0 Å². The third kappa shape index (κ3) is 3.76. The quantitative estimate of drug-likeness (QED) is 0.282. The van der Waals surface area contributed by atoms with Gasteiger partial charge in [0.2, 0.25) is 0 Å². The smallest absolute Gasteiger partial charge is 0.259 e. The van der Waals surface area contributed by atoms with E-state index < -0.39 is 5.91 Å². The summed E-state index contributed by atoms with van der Waals surface area (Å²) in [6.07, 6.45) is 5.11. The number of piperidine rings is 1. The number of hydrogen-bond donors (Lipinski definition) is 1. The van der Waals surface area contributed by atoms with Crippen LogP contribution in [-0.2, 0) is 16.1 Å². The summed E-state index contributed by atoms with van der Waals surface area (Å²) < 4.78 is 2.00. The Morgan fingerprint density at radius 2 is 1.94 bits per heavy atom. The number of aromatic nitrogens is 2. The molecule has 31 heavy (non-hydrogen) atoms. The van der Waals surface area contributed by atoms with Gasteiger partial charge >= 0.3 is 0 Å². The molecule has 3 heterocycles. The molecule has 0 bridgehead atoms. The van der Waals surface area contributed by atoms with Gasteiger partial charge in [-0.1, -0.05) is 60.2 Å². The molecule has 1 amide bonds. The fourth-order valence-corrected chi connectivity index (χ4v) is 4.23. The van der Waals surface area contributed by atoms with Gasteiger partial charge in [0.05, 0.1) is 22.0 Å². The molecule has 1 aliphatic rings. The number of hydrogen-bond acceptors (Lipinski definition) is 4. The SMILES string of the molecule is O=C1CC(=S)NC(=O)/C1=C\c1cn(Cc2ccc3ccccc3c2)c2ncc(Cl)cc12. The van der Waals surface area contributed by atoms with Crippen LogP contribution in [0.2, 0.25) is 5.02 Å². The lowest BCUT2D eigenvalue weighted by molar-refractivity contribution is -0.122. The Morgan fingerprint density at radius 1 is 1.13 bits per heavy atom. The van der Waals surface area contributed by atoms with Crippen LogP contribution in [0.25, 0.3) is 27.9 Å². The number of fused-ring (bicyclic) bond motifs is 2. The van der Waals surface area contributed by atoms with Crippen molar-refractivity contribution in [3.8, 4) is 0 Å². The van der Waals surface area contributed by atoms with E-state index in [4.69, 9.17) is 23.8 Å². The molecular formula is C24H16ClN3O2S. The monoisotopic (exact) mass is 445 g/mol. The van der Waals surface area contributed by atoms with Crippen molar-refractivity contribution in [2.24, 2.45) is 0 Å². The van der Waals surface area contributed by atoms with E-state index in [1.165, 1.54) is 5.39 Å². The van der Waals surface area contributed by atoms with Crippen molar-refractivity contribution in [1.82, 2.24) is 14.9 Å². The average molecular weight is 446 g/mol. The summed E-state index contributed by atoms with van der Waals surface area (Å²) in [7, 11) is 0. The molecule has 0 unspecified atom stereocenters. The molecule has 4 aromatic rings. The Labute approximate surface area is 188 Å². The third-order valence-corrected chi connectivity index (χ3v) is 5.75. The first kappa shape index (κ1) is 19.6. The molecule has 0 aliphatic carbocycles. The van der Waals surface area contributed by atoms with E-state index in [1.807, 2.05) is 22.9 Å². The summed E-state index contributed by atoms with van der Waals surface area (Å²) in [4.78, 5) is 29.4. The predicted octanol–water partition coefficient (Wildman–Crippen LogP) is 4.69. The lowest BCUT2D eigenvalue weighted by Crippen LogP contribution is -2.39. The summed E-state index contributed by atoms with van der Waals surface area (Å²) >= 11 is 11.2. The van der Waals surface area contributed by atoms with Crippen molar-refractivity contribution in [3.05, 3.63) is 82.6 Å². The molecule has 2 aromatic carbocycles. The number of nitrogens with one attached hydrogen (secondary N) is 1. The Hall–Kier alpha value is -3.35. The number of halogens is 1. The fraction of sp³-hybridized carbons (Fsp3) is 0.0833. The number of ketones is 1. The van der Waals surface area contributed by atoms with E-state index in [1.54, 1.807) is 18.3 Å². The van der Waals surface area contributed by atoms with E-state index in [-0.39, 0.29) is 22.8 Å². The first-order valence-electron chi connectivity index (χ1n) is 9.69. The second-order valence-corrected chi connectivity index (χ2v) is 8.38. The second kappa shape index (κ2) is 7.72. The van der Waals surface area contributed by atoms with Gasteiger partial charge in [-0.15, -0.1) is 0 Å². The number of pyridine rings is 1. The summed E-state index contributed by atoms with van der Waals surface area (Å²) in [6.45, 7) is 0.587. The number of rotatable bonds is 3. The zero-order valence-corrected chi connectivity index (χ0v) is 17.8. The minimum atomic E-state index is -0.480. The molecule has 5 nitrogen and oxygen atoms in total. The van der Waals surface area contributed by atoms with Crippen LogP contribution in [0.5, 0.6) is 0 Å². The predicted molar refractivity (Wildman–Crippen MR) is 126 cm³/mol. The highest BCUT2D eigenvalue weighted by atomic mass is 35.5. The maximum atomic E-state index is 12.4. The van der Waals surface area contributed by atoms with Crippen molar-refractivity contribution in [2.45, 2.75) is 13.0 Å². The molecule has 0 atom stereocenters. The van der Waals surface area contributed by atoms with Gasteiger partial charge in [0, 0.05) is 29.9 Å². The van der Waals surface area contributed by atoms with Gasteiger partial charge < -0.3 is 9.88 Å². The van der Waals surface area contributed by atoms with Crippen LogP contribution in [0.4, 0.5) is 0 Å². The minimum Gasteiger partial charge on any atom is -0.327 e. The molecule has 2 aromatic heterocycles. The maximum Gasteiger partial charge on any atom is 0.259 e. The van der Waals surface area contributed by atoms with E-state index in [0.717, 1.165) is 22.0 Å². The zero-order valence-electron chi connectivity index (χ0n) is 16.3. The summed E-state index contributed by atoms with van der Waals surface area (Å²) in [6, 6.07) is 16.3. The first-order chi connectivity index (χ1) is 15.0. The highest BCUT2D eigenvalue weighted by Crippen LogP contribution is 2.27. The maximum absolute atomic E-state index is 12.4. The van der Waals surface area contributed by atoms with Crippen LogP contribution in [0, 0.1) is 0 Å². The van der Waals surface area contributed by atoms with Crippen LogP contribution in [0.1, 0.15) is 17.5 Å². The fourth-order valence-electron chi connectivity index (χ4n) is 3.85. The molecule has 1 fully saturated rings. The summed E-state index contributed by atoms with van der Waals surface area (Å²) in [5.41, 5.74) is 2.63. The molecule has 7 heteroatoms. The van der Waals surface area contributed by atoms with Crippen molar-refractivity contribution in [3.63, 3.8) is 0 Å². The Balaban J connectivity index is 1.59. The Morgan fingerprint density at radius 3 is 2.74 bits per heavy atom. The van der Waals surface area contributed by atoms with Gasteiger partial charge in [-0.05, 0) is 34.5 Å². The number of Topliss-reactive ketones (excluding diaryl/α,β-unsaturated/α-hetero) is 1. The molecule has 152 valence electrons. The van der Waals surface area contributed by atoms with E-state index in [9.17, 15) is 9.59 Å². The second-order valence-electron chi connectivity index (χ2n) is 7.45. The number of nitrogens with zero attached hydrogens (tertiary/aromatic N) is 2. The molecule has 0 spiro atoms. The molecule has 0 radical (unpaired) electrons.